The fourth-order valence-electron chi connectivity index (χ4n) is 2.91. The van der Waals surface area contributed by atoms with Crippen LogP contribution in [0.5, 0.6) is 5.75 Å². The Bertz CT molecular complexity index is 1180. The summed E-state index contributed by atoms with van der Waals surface area (Å²) in [5.74, 6) is -1.13. The number of rotatable bonds is 8. The third kappa shape index (κ3) is 6.13. The van der Waals surface area contributed by atoms with Crippen LogP contribution in [0, 0.1) is 11.6 Å². The van der Waals surface area contributed by atoms with Crippen molar-refractivity contribution in [1.82, 2.24) is 4.90 Å². The predicted octanol–water partition coefficient (Wildman–Crippen LogP) is 4.92. The van der Waals surface area contributed by atoms with Gasteiger partial charge < -0.3 is 9.08 Å². The van der Waals surface area contributed by atoms with Gasteiger partial charge in [-0.2, -0.15) is 8.42 Å². The summed E-state index contributed by atoms with van der Waals surface area (Å²) in [5.41, 5.74) is 1.61. The van der Waals surface area contributed by atoms with E-state index in [1.54, 1.807) is 24.3 Å². The lowest BCUT2D eigenvalue weighted by molar-refractivity contribution is 0.0729. The summed E-state index contributed by atoms with van der Waals surface area (Å²) in [5, 5.41) is -0.683. The average Bonchev–Trinajstić information content (AvgIpc) is 2.75. The smallest absolute Gasteiger partial charge is 0.311 e. The molecule has 5 nitrogen and oxygen atoms in total. The van der Waals surface area contributed by atoms with Crippen LogP contribution in [0.15, 0.2) is 72.8 Å². The maximum atomic E-state index is 13.7. The number of amides is 1. The topological polar surface area (TPSA) is 63.7 Å². The number of hydrogen-bond donors (Lipinski definition) is 0. The molecule has 32 heavy (non-hydrogen) atoms. The van der Waals surface area contributed by atoms with Gasteiger partial charge in [0, 0.05) is 18.7 Å². The molecule has 0 atom stereocenters. The van der Waals surface area contributed by atoms with Gasteiger partial charge in [0.25, 0.3) is 5.91 Å². The van der Waals surface area contributed by atoms with Crippen molar-refractivity contribution < 1.29 is 26.2 Å². The quantitative estimate of drug-likeness (QED) is 0.449. The largest absolute Gasteiger partial charge is 0.382 e. The zero-order valence-electron chi connectivity index (χ0n) is 17.7. The molecule has 1 amide bonds. The summed E-state index contributed by atoms with van der Waals surface area (Å²) >= 11 is 0. The maximum absolute atomic E-state index is 13.7. The molecule has 8 heteroatoms. The fraction of sp³-hybridized carbons (Fsp3) is 0.208. The van der Waals surface area contributed by atoms with Gasteiger partial charge in [0.2, 0.25) is 0 Å². The van der Waals surface area contributed by atoms with Gasteiger partial charge in [0.05, 0.1) is 5.25 Å². The first kappa shape index (κ1) is 23.4. The summed E-state index contributed by atoms with van der Waals surface area (Å²) in [6.07, 6.45) is 0. The molecule has 0 fully saturated rings. The second-order valence-corrected chi connectivity index (χ2v) is 9.66. The highest BCUT2D eigenvalue weighted by Crippen LogP contribution is 2.20. The first-order chi connectivity index (χ1) is 15.1. The fourth-order valence-corrected chi connectivity index (χ4v) is 3.49. The van der Waals surface area contributed by atoms with Crippen LogP contribution in [0.1, 0.15) is 35.3 Å². The van der Waals surface area contributed by atoms with E-state index in [1.165, 1.54) is 61.2 Å². The molecule has 0 spiro atoms. The minimum Gasteiger partial charge on any atom is -0.382 e. The molecule has 3 aromatic carbocycles. The van der Waals surface area contributed by atoms with Gasteiger partial charge >= 0.3 is 10.1 Å². The highest BCUT2D eigenvalue weighted by molar-refractivity contribution is 7.87. The van der Waals surface area contributed by atoms with E-state index in [4.69, 9.17) is 4.18 Å². The van der Waals surface area contributed by atoms with E-state index in [2.05, 4.69) is 0 Å². The molecule has 0 saturated carbocycles. The molecule has 168 valence electrons. The molecule has 3 rings (SSSR count). The standard InChI is InChI=1S/C24H23F2NO4S/c1-17(2)32(29,30)31-23-12-8-19(9-13-23)16-27(15-18-6-10-21(25)11-7-18)24(28)20-4-3-5-22(26)14-20/h3-14,17H,15-16H2,1-2H3. The Hall–Kier alpha value is -3.26. The molecular formula is C24H23F2NO4S. The van der Waals surface area contributed by atoms with E-state index in [0.717, 1.165) is 6.07 Å². The Labute approximate surface area is 186 Å². The maximum Gasteiger partial charge on any atom is 0.311 e. The highest BCUT2D eigenvalue weighted by atomic mass is 32.2. The lowest BCUT2D eigenvalue weighted by Gasteiger charge is -2.23. The summed E-state index contributed by atoms with van der Waals surface area (Å²) in [6.45, 7) is 3.39. The van der Waals surface area contributed by atoms with E-state index in [-0.39, 0.29) is 30.2 Å². The summed E-state index contributed by atoms with van der Waals surface area (Å²) < 4.78 is 55.9. The molecule has 0 saturated heterocycles. The molecule has 3 aromatic rings. The molecule has 0 unspecified atom stereocenters. The van der Waals surface area contributed by atoms with Crippen LogP contribution in [0.4, 0.5) is 8.78 Å². The third-order valence-electron chi connectivity index (χ3n) is 4.73. The minimum atomic E-state index is -3.72. The Balaban J connectivity index is 1.83. The zero-order chi connectivity index (χ0) is 23.3. The van der Waals surface area contributed by atoms with E-state index in [0.29, 0.717) is 11.1 Å². The first-order valence-corrected chi connectivity index (χ1v) is 11.4. The molecule has 0 aliphatic carbocycles. The van der Waals surface area contributed by atoms with Gasteiger partial charge in [-0.3, -0.25) is 4.79 Å². The highest BCUT2D eigenvalue weighted by Gasteiger charge is 2.20. The van der Waals surface area contributed by atoms with Crippen LogP contribution in [0.25, 0.3) is 0 Å². The molecule has 0 heterocycles. The Morgan fingerprint density at radius 1 is 0.875 bits per heavy atom. The number of hydrogen-bond acceptors (Lipinski definition) is 4. The van der Waals surface area contributed by atoms with Gasteiger partial charge in [-0.1, -0.05) is 30.3 Å². The normalized spacial score (nSPS) is 11.4. The first-order valence-electron chi connectivity index (χ1n) is 9.95. The number of carbonyl (C=O) groups excluding carboxylic acids is 1. The SMILES string of the molecule is CC(C)S(=O)(=O)Oc1ccc(CN(Cc2ccc(F)cc2)C(=O)c2cccc(F)c2)cc1. The lowest BCUT2D eigenvalue weighted by Crippen LogP contribution is -2.30. The number of carbonyl (C=O) groups is 1. The van der Waals surface area contributed by atoms with Crippen molar-refractivity contribution in [1.29, 1.82) is 0 Å². The van der Waals surface area contributed by atoms with Crippen molar-refractivity contribution >= 4 is 16.0 Å². The zero-order valence-corrected chi connectivity index (χ0v) is 18.5. The monoisotopic (exact) mass is 459 g/mol. The summed E-state index contributed by atoms with van der Waals surface area (Å²) in [7, 11) is -3.72. The second-order valence-electron chi connectivity index (χ2n) is 7.57. The molecule has 0 aliphatic rings. The molecule has 0 aromatic heterocycles. The van der Waals surface area contributed by atoms with Gasteiger partial charge in [0.15, 0.2) is 0 Å². The lowest BCUT2D eigenvalue weighted by atomic mass is 10.1. The van der Waals surface area contributed by atoms with Crippen LogP contribution in [-0.2, 0) is 23.2 Å². The van der Waals surface area contributed by atoms with E-state index < -0.39 is 27.1 Å². The third-order valence-corrected chi connectivity index (χ3v) is 6.31. The molecular weight excluding hydrogens is 436 g/mol. The summed E-state index contributed by atoms with van der Waals surface area (Å²) in [4.78, 5) is 14.6. The van der Waals surface area contributed by atoms with Crippen LogP contribution in [0.2, 0.25) is 0 Å². The molecule has 0 N–H and O–H groups in total. The van der Waals surface area contributed by atoms with Gasteiger partial charge in [0.1, 0.15) is 17.4 Å². The van der Waals surface area contributed by atoms with Crippen molar-refractivity contribution in [3.8, 4) is 5.75 Å². The molecule has 0 radical (unpaired) electrons. The Morgan fingerprint density at radius 2 is 1.44 bits per heavy atom. The van der Waals surface area contributed by atoms with Crippen molar-refractivity contribution in [2.24, 2.45) is 0 Å². The number of nitrogens with zero attached hydrogens (tertiary/aromatic N) is 1. The Morgan fingerprint density at radius 3 is 1.97 bits per heavy atom. The minimum absolute atomic E-state index is 0.170. The van der Waals surface area contributed by atoms with Gasteiger partial charge in [-0.05, 0) is 67.4 Å². The predicted molar refractivity (Wildman–Crippen MR) is 118 cm³/mol. The van der Waals surface area contributed by atoms with E-state index >= 15 is 0 Å². The van der Waals surface area contributed by atoms with Crippen LogP contribution in [-0.4, -0.2) is 24.5 Å². The van der Waals surface area contributed by atoms with E-state index in [9.17, 15) is 22.0 Å². The van der Waals surface area contributed by atoms with Crippen LogP contribution >= 0.6 is 0 Å². The molecule has 0 aliphatic heterocycles. The summed E-state index contributed by atoms with van der Waals surface area (Å²) in [6, 6.07) is 17.5. The van der Waals surface area contributed by atoms with Crippen LogP contribution in [0.3, 0.4) is 0 Å². The second kappa shape index (κ2) is 9.91. The average molecular weight is 460 g/mol. The molecule has 0 bridgehead atoms. The van der Waals surface area contributed by atoms with Crippen molar-refractivity contribution in [3.63, 3.8) is 0 Å². The van der Waals surface area contributed by atoms with Gasteiger partial charge in [-0.25, -0.2) is 8.78 Å². The number of benzene rings is 3. The van der Waals surface area contributed by atoms with Crippen LogP contribution < -0.4 is 4.18 Å². The van der Waals surface area contributed by atoms with Crippen molar-refractivity contribution in [2.75, 3.05) is 0 Å². The van der Waals surface area contributed by atoms with Crippen molar-refractivity contribution in [3.05, 3.63) is 101 Å². The number of halogens is 2. The van der Waals surface area contributed by atoms with Crippen molar-refractivity contribution in [2.45, 2.75) is 32.2 Å². The Kier molecular flexibility index (Phi) is 7.25. The van der Waals surface area contributed by atoms with Gasteiger partial charge in [-0.15, -0.1) is 0 Å². The van der Waals surface area contributed by atoms with E-state index in [1.807, 2.05) is 0 Å².